The molecule has 1 atom stereocenters. The molecule has 1 spiro atoms. The van der Waals surface area contributed by atoms with Gasteiger partial charge in [0, 0.05) is 18.0 Å². The van der Waals surface area contributed by atoms with Crippen LogP contribution in [0.15, 0.2) is 18.2 Å². The molecule has 1 aromatic rings. The van der Waals surface area contributed by atoms with Gasteiger partial charge in [0.15, 0.2) is 0 Å². The van der Waals surface area contributed by atoms with Gasteiger partial charge in [-0.15, -0.1) is 0 Å². The summed E-state index contributed by atoms with van der Waals surface area (Å²) in [6.07, 6.45) is 8.35. The van der Waals surface area contributed by atoms with Crippen LogP contribution in [0.3, 0.4) is 0 Å². The monoisotopic (exact) mass is 303 g/mol. The first-order chi connectivity index (χ1) is 10.8. The van der Waals surface area contributed by atoms with Crippen LogP contribution < -0.4 is 14.8 Å². The van der Waals surface area contributed by atoms with Crippen LogP contribution in [0, 0.1) is 0 Å². The van der Waals surface area contributed by atoms with Gasteiger partial charge in [-0.1, -0.05) is 20.3 Å². The summed E-state index contributed by atoms with van der Waals surface area (Å²) in [5.41, 5.74) is 1.35. The Morgan fingerprint density at radius 3 is 2.82 bits per heavy atom. The van der Waals surface area contributed by atoms with E-state index in [9.17, 15) is 0 Å². The zero-order valence-corrected chi connectivity index (χ0v) is 14.0. The zero-order chi connectivity index (χ0) is 15.4. The Labute approximate surface area is 134 Å². The fourth-order valence-electron chi connectivity index (χ4n) is 3.83. The van der Waals surface area contributed by atoms with E-state index in [1.165, 1.54) is 31.2 Å². The minimum Gasteiger partial charge on any atom is -0.494 e. The number of rotatable bonds is 6. The SMILES string of the molecule is CCCCOc1ccc2c(c1)C(NCC)CC1(CCCC1)O2. The molecule has 0 aromatic heterocycles. The van der Waals surface area contributed by atoms with E-state index in [-0.39, 0.29) is 5.60 Å². The molecule has 1 saturated carbocycles. The van der Waals surface area contributed by atoms with E-state index in [0.717, 1.165) is 43.9 Å². The molecule has 122 valence electrons. The zero-order valence-electron chi connectivity index (χ0n) is 14.0. The van der Waals surface area contributed by atoms with Gasteiger partial charge >= 0.3 is 0 Å². The molecule has 1 aromatic carbocycles. The van der Waals surface area contributed by atoms with Crippen molar-refractivity contribution in [3.8, 4) is 11.5 Å². The summed E-state index contributed by atoms with van der Waals surface area (Å²) >= 11 is 0. The first kappa shape index (κ1) is 15.7. The second-order valence-electron chi connectivity index (χ2n) is 6.71. The first-order valence-corrected chi connectivity index (χ1v) is 8.95. The van der Waals surface area contributed by atoms with E-state index in [4.69, 9.17) is 9.47 Å². The molecule has 0 bridgehead atoms. The number of hydrogen-bond donors (Lipinski definition) is 1. The maximum Gasteiger partial charge on any atom is 0.125 e. The highest BCUT2D eigenvalue weighted by Crippen LogP contribution is 2.47. The average Bonchev–Trinajstić information content (AvgIpc) is 2.96. The summed E-state index contributed by atoms with van der Waals surface area (Å²) in [5.74, 6) is 2.03. The van der Waals surface area contributed by atoms with Gasteiger partial charge in [0.2, 0.25) is 0 Å². The molecule has 3 heteroatoms. The summed E-state index contributed by atoms with van der Waals surface area (Å²) in [6.45, 7) is 6.15. The number of benzene rings is 1. The number of ether oxygens (including phenoxy) is 2. The quantitative estimate of drug-likeness (QED) is 0.778. The van der Waals surface area contributed by atoms with Crippen LogP contribution in [0.5, 0.6) is 11.5 Å². The Balaban J connectivity index is 1.81. The molecular weight excluding hydrogens is 274 g/mol. The van der Waals surface area contributed by atoms with Crippen molar-refractivity contribution in [3.05, 3.63) is 23.8 Å². The Morgan fingerprint density at radius 1 is 1.27 bits per heavy atom. The third-order valence-corrected chi connectivity index (χ3v) is 4.99. The molecule has 1 heterocycles. The lowest BCUT2D eigenvalue weighted by Crippen LogP contribution is -2.42. The van der Waals surface area contributed by atoms with Crippen molar-refractivity contribution in [2.45, 2.75) is 70.4 Å². The van der Waals surface area contributed by atoms with E-state index >= 15 is 0 Å². The molecule has 1 aliphatic carbocycles. The number of unbranched alkanes of at least 4 members (excludes halogenated alkanes) is 1. The standard InChI is InChI=1S/C19H29NO2/c1-3-5-12-21-15-8-9-18-16(13-15)17(20-4-2)14-19(22-18)10-6-7-11-19/h8-9,13,17,20H,3-7,10-12,14H2,1-2H3. The lowest BCUT2D eigenvalue weighted by atomic mass is 9.86. The number of hydrogen-bond acceptors (Lipinski definition) is 3. The van der Waals surface area contributed by atoms with Crippen LogP contribution >= 0.6 is 0 Å². The van der Waals surface area contributed by atoms with Gasteiger partial charge < -0.3 is 14.8 Å². The van der Waals surface area contributed by atoms with Crippen LogP contribution in [0.1, 0.15) is 70.4 Å². The van der Waals surface area contributed by atoms with Crippen LogP contribution in [-0.4, -0.2) is 18.8 Å². The lowest BCUT2D eigenvalue weighted by Gasteiger charge is -2.40. The Bertz CT molecular complexity index is 494. The summed E-state index contributed by atoms with van der Waals surface area (Å²) in [4.78, 5) is 0. The third kappa shape index (κ3) is 3.24. The highest BCUT2D eigenvalue weighted by molar-refractivity contribution is 5.44. The maximum absolute atomic E-state index is 6.44. The highest BCUT2D eigenvalue weighted by Gasteiger charge is 2.42. The van der Waals surface area contributed by atoms with Gasteiger partial charge in [-0.2, -0.15) is 0 Å². The maximum atomic E-state index is 6.44. The summed E-state index contributed by atoms with van der Waals surface area (Å²) in [7, 11) is 0. The van der Waals surface area contributed by atoms with Crippen molar-refractivity contribution < 1.29 is 9.47 Å². The largest absolute Gasteiger partial charge is 0.494 e. The van der Waals surface area contributed by atoms with E-state index in [1.54, 1.807) is 0 Å². The topological polar surface area (TPSA) is 30.5 Å². The van der Waals surface area contributed by atoms with E-state index in [2.05, 4.69) is 37.4 Å². The minimum atomic E-state index is 0.0738. The van der Waals surface area contributed by atoms with Crippen molar-refractivity contribution >= 4 is 0 Å². The molecule has 22 heavy (non-hydrogen) atoms. The second-order valence-corrected chi connectivity index (χ2v) is 6.71. The molecule has 1 unspecified atom stereocenters. The molecule has 3 rings (SSSR count). The molecule has 3 nitrogen and oxygen atoms in total. The number of nitrogens with one attached hydrogen (secondary N) is 1. The second kappa shape index (κ2) is 6.91. The van der Waals surface area contributed by atoms with Gasteiger partial charge in [0.05, 0.1) is 6.61 Å². The smallest absolute Gasteiger partial charge is 0.125 e. The molecular formula is C19H29NO2. The fourth-order valence-corrected chi connectivity index (χ4v) is 3.83. The Kier molecular flexibility index (Phi) is 4.92. The predicted molar refractivity (Wildman–Crippen MR) is 89.7 cm³/mol. The van der Waals surface area contributed by atoms with Gasteiger partial charge in [-0.3, -0.25) is 0 Å². The Morgan fingerprint density at radius 2 is 2.09 bits per heavy atom. The van der Waals surface area contributed by atoms with Crippen LogP contribution in [0.2, 0.25) is 0 Å². The van der Waals surface area contributed by atoms with Gasteiger partial charge in [-0.25, -0.2) is 0 Å². The molecule has 0 radical (unpaired) electrons. The summed E-state index contributed by atoms with van der Waals surface area (Å²) < 4.78 is 12.3. The van der Waals surface area contributed by atoms with Crippen molar-refractivity contribution in [2.24, 2.45) is 0 Å². The van der Waals surface area contributed by atoms with Gasteiger partial charge in [-0.05, 0) is 56.8 Å². The van der Waals surface area contributed by atoms with Crippen LogP contribution in [0.4, 0.5) is 0 Å². The van der Waals surface area contributed by atoms with Gasteiger partial charge in [0.1, 0.15) is 17.1 Å². The van der Waals surface area contributed by atoms with Crippen molar-refractivity contribution in [3.63, 3.8) is 0 Å². The van der Waals surface area contributed by atoms with Crippen LogP contribution in [0.25, 0.3) is 0 Å². The Hall–Kier alpha value is -1.22. The van der Waals surface area contributed by atoms with Crippen molar-refractivity contribution in [2.75, 3.05) is 13.2 Å². The summed E-state index contributed by atoms with van der Waals surface area (Å²) in [5, 5.41) is 3.65. The van der Waals surface area contributed by atoms with E-state index < -0.39 is 0 Å². The molecule has 0 amide bonds. The predicted octanol–water partition coefficient (Wildman–Crippen LogP) is 4.61. The molecule has 0 saturated heterocycles. The van der Waals surface area contributed by atoms with E-state index in [1.807, 2.05) is 0 Å². The summed E-state index contributed by atoms with van der Waals surface area (Å²) in [6, 6.07) is 6.74. The number of fused-ring (bicyclic) bond motifs is 1. The molecule has 1 N–H and O–H groups in total. The highest BCUT2D eigenvalue weighted by atomic mass is 16.5. The fraction of sp³-hybridized carbons (Fsp3) is 0.684. The molecule has 2 aliphatic rings. The van der Waals surface area contributed by atoms with Crippen molar-refractivity contribution in [1.82, 2.24) is 5.32 Å². The normalized spacial score (nSPS) is 22.4. The first-order valence-electron chi connectivity index (χ1n) is 8.95. The average molecular weight is 303 g/mol. The van der Waals surface area contributed by atoms with Gasteiger partial charge in [0.25, 0.3) is 0 Å². The minimum absolute atomic E-state index is 0.0738. The molecule has 1 fully saturated rings. The third-order valence-electron chi connectivity index (χ3n) is 4.99. The van der Waals surface area contributed by atoms with E-state index in [0.29, 0.717) is 6.04 Å². The lowest BCUT2D eigenvalue weighted by molar-refractivity contribution is 0.0369. The van der Waals surface area contributed by atoms with Crippen molar-refractivity contribution in [1.29, 1.82) is 0 Å². The van der Waals surface area contributed by atoms with Crippen LogP contribution in [-0.2, 0) is 0 Å². The molecule has 1 aliphatic heterocycles.